The molecule has 0 atom stereocenters. The van der Waals surface area contributed by atoms with Crippen molar-refractivity contribution in [2.45, 2.75) is 18.9 Å². The Balaban J connectivity index is 1.56. The molecule has 15 heteroatoms. The number of anilines is 3. The van der Waals surface area contributed by atoms with Crippen LogP contribution in [0.1, 0.15) is 16.7 Å². The van der Waals surface area contributed by atoms with Crippen molar-refractivity contribution < 1.29 is 39.5 Å². The van der Waals surface area contributed by atoms with Crippen molar-refractivity contribution in [3.63, 3.8) is 0 Å². The average molecular weight is 693 g/mol. The van der Waals surface area contributed by atoms with Crippen LogP contribution in [0.15, 0.2) is 97.1 Å². The molecule has 1 aromatic heterocycles. The van der Waals surface area contributed by atoms with Gasteiger partial charge in [-0.2, -0.15) is 26.3 Å². The summed E-state index contributed by atoms with van der Waals surface area (Å²) in [7, 11) is -2.36. The van der Waals surface area contributed by atoms with Crippen molar-refractivity contribution in [3.05, 3.63) is 114 Å². The van der Waals surface area contributed by atoms with Crippen molar-refractivity contribution in [3.8, 4) is 11.4 Å². The molecule has 0 aliphatic carbocycles. The number of thiocarbonyl (C=S) groups is 1. The second-order valence-corrected chi connectivity index (χ2v) is 12.7. The average Bonchev–Trinajstić information content (AvgIpc) is 3.37. The zero-order valence-electron chi connectivity index (χ0n) is 24.6. The molecule has 0 radical (unpaired) electrons. The summed E-state index contributed by atoms with van der Waals surface area (Å²) in [5.74, 6) is 0.864. The number of rotatable bonds is 8. The number of nitrogens with zero attached hydrogens (tertiary/aromatic N) is 2. The number of alkyl halides is 6. The molecule has 246 valence electrons. The number of aromatic nitrogens is 1. The molecule has 0 aliphatic heterocycles. The van der Waals surface area contributed by atoms with Gasteiger partial charge in [-0.15, -0.1) is 0 Å². The lowest BCUT2D eigenvalue weighted by atomic mass is 10.1. The third-order valence-corrected chi connectivity index (χ3v) is 8.39. The van der Waals surface area contributed by atoms with Crippen molar-refractivity contribution in [1.29, 1.82) is 0 Å². The topological polar surface area (TPSA) is 75.6 Å². The Morgan fingerprint density at radius 2 is 1.43 bits per heavy atom. The highest BCUT2D eigenvalue weighted by Gasteiger charge is 2.37. The van der Waals surface area contributed by atoms with Gasteiger partial charge < -0.3 is 15.4 Å². The molecule has 0 fully saturated rings. The van der Waals surface area contributed by atoms with Crippen LogP contribution in [0.25, 0.3) is 16.6 Å². The Kier molecular flexibility index (Phi) is 9.15. The van der Waals surface area contributed by atoms with E-state index in [4.69, 9.17) is 17.0 Å². The Morgan fingerprint density at radius 3 is 2.02 bits per heavy atom. The van der Waals surface area contributed by atoms with Crippen molar-refractivity contribution in [2.24, 2.45) is 0 Å². The number of ether oxygens (including phenoxy) is 1. The molecule has 0 saturated heterocycles. The van der Waals surface area contributed by atoms with E-state index < -0.39 is 39.2 Å². The summed E-state index contributed by atoms with van der Waals surface area (Å²) in [5, 5.41) is 5.67. The molecule has 0 bridgehead atoms. The monoisotopic (exact) mass is 692 g/mol. The number of halogens is 6. The minimum Gasteiger partial charge on any atom is -0.497 e. The predicted molar refractivity (Wildman–Crippen MR) is 174 cm³/mol. The van der Waals surface area contributed by atoms with E-state index in [1.807, 2.05) is 0 Å². The fourth-order valence-electron chi connectivity index (χ4n) is 4.93. The first kappa shape index (κ1) is 33.6. The molecule has 47 heavy (non-hydrogen) atoms. The largest absolute Gasteiger partial charge is 0.497 e. The molecule has 0 amide bonds. The molecule has 5 rings (SSSR count). The van der Waals surface area contributed by atoms with Gasteiger partial charge in [0.2, 0.25) is 10.0 Å². The summed E-state index contributed by atoms with van der Waals surface area (Å²) >= 11 is 5.32. The minimum atomic E-state index is -5.04. The lowest BCUT2D eigenvalue weighted by Gasteiger charge is -2.25. The molecular weight excluding hydrogens is 666 g/mol. The second-order valence-electron chi connectivity index (χ2n) is 10.4. The smallest absolute Gasteiger partial charge is 0.416 e. The van der Waals surface area contributed by atoms with Gasteiger partial charge in [0.15, 0.2) is 5.11 Å². The summed E-state index contributed by atoms with van der Waals surface area (Å²) in [6.45, 7) is -0.0359. The Bertz CT molecular complexity index is 2010. The number of hydrogen-bond donors (Lipinski definition) is 2. The van der Waals surface area contributed by atoms with Crippen molar-refractivity contribution in [2.75, 3.05) is 28.3 Å². The van der Waals surface area contributed by atoms with Crippen LogP contribution >= 0.6 is 12.2 Å². The molecule has 0 aliphatic rings. The van der Waals surface area contributed by atoms with E-state index in [1.54, 1.807) is 83.4 Å². The van der Waals surface area contributed by atoms with E-state index in [0.717, 1.165) is 6.26 Å². The van der Waals surface area contributed by atoms with Crippen LogP contribution in [-0.2, 0) is 28.9 Å². The molecule has 1 heterocycles. The molecule has 2 N–H and O–H groups in total. The standard InChI is InChI=1S/C32H26F6N4O3S2/c1-45-25-13-11-20(12-14-25)19-41(47(2,43)44)29-15-21-7-3-5-9-27(21)42(29)28-10-6-4-8-26(28)40-30(46)39-24-17-22(31(33,34)35)16-23(18-24)32(36,37)38/h3-18H,19H2,1-2H3,(H2,39,40,46). The zero-order valence-corrected chi connectivity index (χ0v) is 26.3. The van der Waals surface area contributed by atoms with Gasteiger partial charge in [-0.1, -0.05) is 42.5 Å². The van der Waals surface area contributed by atoms with E-state index >= 15 is 0 Å². The summed E-state index contributed by atoms with van der Waals surface area (Å²) in [6.07, 6.45) is -9.00. The molecule has 5 aromatic rings. The van der Waals surface area contributed by atoms with Crippen molar-refractivity contribution >= 4 is 55.4 Å². The van der Waals surface area contributed by atoms with E-state index in [0.29, 0.717) is 40.0 Å². The molecule has 0 saturated carbocycles. The normalized spacial score (nSPS) is 12.2. The van der Waals surface area contributed by atoms with Gasteiger partial charge in [-0.3, -0.25) is 8.87 Å². The highest BCUT2D eigenvalue weighted by Crippen LogP contribution is 2.38. The third kappa shape index (κ3) is 7.63. The quantitative estimate of drug-likeness (QED) is 0.126. The van der Waals surface area contributed by atoms with Gasteiger partial charge in [0.1, 0.15) is 11.6 Å². The van der Waals surface area contributed by atoms with Gasteiger partial charge >= 0.3 is 12.4 Å². The minimum absolute atomic E-state index is 0.0229. The third-order valence-electron chi connectivity index (χ3n) is 7.07. The number of methoxy groups -OCH3 is 1. The van der Waals surface area contributed by atoms with Crippen LogP contribution in [0, 0.1) is 0 Å². The lowest BCUT2D eigenvalue weighted by molar-refractivity contribution is -0.143. The van der Waals surface area contributed by atoms with Crippen LogP contribution in [0.4, 0.5) is 43.5 Å². The molecule has 0 unspecified atom stereocenters. The van der Waals surface area contributed by atoms with Gasteiger partial charge in [0.25, 0.3) is 0 Å². The maximum atomic E-state index is 13.4. The van der Waals surface area contributed by atoms with E-state index in [2.05, 4.69) is 10.6 Å². The Morgan fingerprint density at radius 1 is 0.830 bits per heavy atom. The van der Waals surface area contributed by atoms with Gasteiger partial charge in [0.05, 0.1) is 47.9 Å². The van der Waals surface area contributed by atoms with Crippen LogP contribution in [0.5, 0.6) is 5.75 Å². The Hall–Kier alpha value is -4.76. The van der Waals surface area contributed by atoms with Crippen molar-refractivity contribution in [1.82, 2.24) is 4.57 Å². The van der Waals surface area contributed by atoms with E-state index in [1.165, 1.54) is 11.4 Å². The number of fused-ring (bicyclic) bond motifs is 1. The zero-order chi connectivity index (χ0) is 34.1. The summed E-state index contributed by atoms with van der Waals surface area (Å²) in [4.78, 5) is 0. The predicted octanol–water partition coefficient (Wildman–Crippen LogP) is 8.45. The van der Waals surface area contributed by atoms with Crippen LogP contribution in [-0.4, -0.2) is 31.5 Å². The number of sulfonamides is 1. The first-order chi connectivity index (χ1) is 22.0. The van der Waals surface area contributed by atoms with E-state index in [-0.39, 0.29) is 29.2 Å². The fraction of sp³-hybridized carbons (Fsp3) is 0.156. The highest BCUT2D eigenvalue weighted by atomic mass is 32.2. The number of nitrogens with one attached hydrogen (secondary N) is 2. The fourth-order valence-corrected chi connectivity index (χ4v) is 6.01. The molecule has 0 spiro atoms. The maximum absolute atomic E-state index is 13.4. The summed E-state index contributed by atoms with van der Waals surface area (Å²) in [6, 6.07) is 23.4. The van der Waals surface area contributed by atoms with Gasteiger partial charge in [0, 0.05) is 11.1 Å². The first-order valence-electron chi connectivity index (χ1n) is 13.7. The number of para-hydroxylation sites is 3. The van der Waals surface area contributed by atoms with Gasteiger partial charge in [-0.05, 0) is 72.4 Å². The van der Waals surface area contributed by atoms with Gasteiger partial charge in [-0.25, -0.2) is 8.42 Å². The molecule has 7 nitrogen and oxygen atoms in total. The number of hydrogen-bond acceptors (Lipinski definition) is 4. The summed E-state index contributed by atoms with van der Waals surface area (Å²) in [5.41, 5.74) is -1.56. The maximum Gasteiger partial charge on any atom is 0.416 e. The second kappa shape index (κ2) is 12.8. The summed E-state index contributed by atoms with van der Waals surface area (Å²) < 4.78 is 115. The molecular formula is C32H26F6N4O3S2. The van der Waals surface area contributed by atoms with Crippen LogP contribution in [0.3, 0.4) is 0 Å². The number of benzene rings is 4. The first-order valence-corrected chi connectivity index (χ1v) is 16.0. The van der Waals surface area contributed by atoms with E-state index in [9.17, 15) is 34.8 Å². The molecule has 4 aromatic carbocycles. The Labute approximate surface area is 271 Å². The van der Waals surface area contributed by atoms with Crippen LogP contribution in [0.2, 0.25) is 0 Å². The SMILES string of the molecule is COc1ccc(CN(c2cc3ccccc3n2-c2ccccc2NC(=S)Nc2cc(C(F)(F)F)cc(C(F)(F)F)c2)S(C)(=O)=O)cc1. The van der Waals surface area contributed by atoms with Crippen LogP contribution < -0.4 is 19.7 Å². The lowest BCUT2D eigenvalue weighted by Crippen LogP contribution is -2.31. The highest BCUT2D eigenvalue weighted by molar-refractivity contribution is 7.92.